The summed E-state index contributed by atoms with van der Waals surface area (Å²) in [6.45, 7) is 8.16. The van der Waals surface area contributed by atoms with Crippen LogP contribution in [0.5, 0.6) is 0 Å². The van der Waals surface area contributed by atoms with Gasteiger partial charge in [0.25, 0.3) is 11.5 Å². The topological polar surface area (TPSA) is 200 Å². The maximum absolute atomic E-state index is 13.8. The summed E-state index contributed by atoms with van der Waals surface area (Å²) in [6.07, 6.45) is 6.48. The minimum atomic E-state index is -0.882. The SMILES string of the molecule is CC(C)(C)c1csc(NC(=O)c2ccn3c(=O)c(/C=C/c4nn[nH]n4)c(N4CCC(CC(=O)NCC[N+](C)(C)CC(=O)O)CC4)nc3c2)n1. The summed E-state index contributed by atoms with van der Waals surface area (Å²) >= 11 is 1.35. The molecule has 0 radical (unpaired) electrons. The monoisotopic (exact) mass is 692 g/mol. The van der Waals surface area contributed by atoms with Crippen LogP contribution >= 0.6 is 11.3 Å². The average molecular weight is 693 g/mol. The van der Waals surface area contributed by atoms with Gasteiger partial charge < -0.3 is 19.8 Å². The average Bonchev–Trinajstić information content (AvgIpc) is 3.73. The minimum absolute atomic E-state index is 0.0213. The number of hydrogen-bond donors (Lipinski definition) is 4. The molecule has 5 heterocycles. The summed E-state index contributed by atoms with van der Waals surface area (Å²) in [5, 5.41) is 31.1. The van der Waals surface area contributed by atoms with E-state index in [-0.39, 0.29) is 39.7 Å². The van der Waals surface area contributed by atoms with E-state index >= 15 is 0 Å². The number of thiazole rings is 1. The number of pyridine rings is 1. The van der Waals surface area contributed by atoms with Gasteiger partial charge >= 0.3 is 5.97 Å². The Kier molecular flexibility index (Phi) is 10.5. The molecule has 5 rings (SSSR count). The fourth-order valence-electron chi connectivity index (χ4n) is 5.54. The Bertz CT molecular complexity index is 1900. The fourth-order valence-corrected chi connectivity index (χ4v) is 6.47. The maximum atomic E-state index is 13.8. The van der Waals surface area contributed by atoms with E-state index in [0.29, 0.717) is 79.0 Å². The molecule has 49 heavy (non-hydrogen) atoms. The van der Waals surface area contributed by atoms with Crippen LogP contribution in [-0.4, -0.2) is 109 Å². The molecule has 2 amide bonds. The third kappa shape index (κ3) is 9.11. The minimum Gasteiger partial charge on any atom is -0.477 e. The van der Waals surface area contributed by atoms with Crippen LogP contribution in [0.1, 0.15) is 67.5 Å². The molecule has 4 N–H and O–H groups in total. The van der Waals surface area contributed by atoms with Gasteiger partial charge in [-0.05, 0) is 48.3 Å². The van der Waals surface area contributed by atoms with E-state index in [2.05, 4.69) is 57.0 Å². The third-order valence-corrected chi connectivity index (χ3v) is 9.11. The van der Waals surface area contributed by atoms with Crippen LogP contribution in [0.25, 0.3) is 17.8 Å². The number of rotatable bonds is 12. The Morgan fingerprint density at radius 2 is 1.92 bits per heavy atom. The second-order valence-corrected chi connectivity index (χ2v) is 14.7. The van der Waals surface area contributed by atoms with Gasteiger partial charge in [-0.15, -0.1) is 21.5 Å². The first-order chi connectivity index (χ1) is 23.2. The number of aromatic amines is 1. The Balaban J connectivity index is 1.32. The number of fused-ring (bicyclic) bond motifs is 1. The maximum Gasteiger partial charge on any atom is 0.359 e. The van der Waals surface area contributed by atoms with Crippen molar-refractivity contribution in [2.75, 3.05) is 57.0 Å². The lowest BCUT2D eigenvalue weighted by atomic mass is 9.93. The Hall–Kier alpha value is -5.03. The standard InChI is InChI=1S/C32H41N11O5S/c1-32(2,3)23-19-49-31(34-23)36-29(47)21-10-14-42-25(17-21)35-28(22(30(42)48)6-7-24-37-39-40-38-24)41-12-8-20(9-13-41)16-26(44)33-11-15-43(4,5)18-27(45)46/h6-7,10,14,17,19-20H,8-9,11-13,15-16,18H2,1-5H3,(H3-,33,34,36,37,38,39,40,44,45,46,47)/p+1. The van der Waals surface area contributed by atoms with Crippen LogP contribution in [-0.2, 0) is 15.0 Å². The van der Waals surface area contributed by atoms with E-state index in [4.69, 9.17) is 10.1 Å². The Morgan fingerprint density at radius 1 is 1.16 bits per heavy atom. The number of carbonyl (C=O) groups excluding carboxylic acids is 2. The zero-order chi connectivity index (χ0) is 35.3. The first kappa shape index (κ1) is 35.3. The molecule has 0 saturated carbocycles. The number of amides is 2. The predicted molar refractivity (Wildman–Crippen MR) is 185 cm³/mol. The molecule has 4 aromatic heterocycles. The molecule has 4 aromatic rings. The number of carbonyl (C=O) groups is 3. The number of H-pyrrole nitrogens is 1. The van der Waals surface area contributed by atoms with E-state index in [1.807, 2.05) is 24.4 Å². The highest BCUT2D eigenvalue weighted by Gasteiger charge is 2.26. The van der Waals surface area contributed by atoms with Crippen molar-refractivity contribution >= 4 is 57.9 Å². The molecule has 1 aliphatic rings. The Morgan fingerprint density at radius 3 is 2.57 bits per heavy atom. The van der Waals surface area contributed by atoms with Crippen molar-refractivity contribution in [1.29, 1.82) is 0 Å². The van der Waals surface area contributed by atoms with Gasteiger partial charge in [0, 0.05) is 42.1 Å². The molecule has 0 spiro atoms. The summed E-state index contributed by atoms with van der Waals surface area (Å²) < 4.78 is 1.66. The summed E-state index contributed by atoms with van der Waals surface area (Å²) in [7, 11) is 3.63. The van der Waals surface area contributed by atoms with E-state index < -0.39 is 5.97 Å². The van der Waals surface area contributed by atoms with Crippen molar-refractivity contribution in [3.05, 3.63) is 56.7 Å². The fraction of sp³-hybridized carbons (Fsp3) is 0.469. The molecule has 1 saturated heterocycles. The lowest BCUT2D eigenvalue weighted by molar-refractivity contribution is -0.881. The molecule has 0 bridgehead atoms. The van der Waals surface area contributed by atoms with Crippen molar-refractivity contribution in [2.45, 2.75) is 45.4 Å². The summed E-state index contributed by atoms with van der Waals surface area (Å²) in [5.41, 5.74) is 1.37. The lowest BCUT2D eigenvalue weighted by Gasteiger charge is -2.33. The van der Waals surface area contributed by atoms with Gasteiger partial charge in [-0.3, -0.25) is 24.1 Å². The predicted octanol–water partition coefficient (Wildman–Crippen LogP) is 2.27. The van der Waals surface area contributed by atoms with E-state index in [1.165, 1.54) is 21.9 Å². The number of piperidine rings is 1. The second kappa shape index (κ2) is 14.6. The van der Waals surface area contributed by atoms with Crippen LogP contribution in [0.15, 0.2) is 28.5 Å². The number of quaternary nitrogens is 1. The van der Waals surface area contributed by atoms with Crippen LogP contribution in [0.3, 0.4) is 0 Å². The van der Waals surface area contributed by atoms with Crippen molar-refractivity contribution < 1.29 is 24.0 Å². The molecule has 1 aliphatic heterocycles. The number of nitrogens with one attached hydrogen (secondary N) is 3. The number of nitrogens with zero attached hydrogens (tertiary/aromatic N) is 8. The smallest absolute Gasteiger partial charge is 0.359 e. The third-order valence-electron chi connectivity index (χ3n) is 8.35. The van der Waals surface area contributed by atoms with Gasteiger partial charge in [0.05, 0.1) is 38.4 Å². The van der Waals surface area contributed by atoms with Gasteiger partial charge in [-0.1, -0.05) is 20.8 Å². The number of aromatic nitrogens is 7. The van der Waals surface area contributed by atoms with Crippen LogP contribution in [0.2, 0.25) is 0 Å². The second-order valence-electron chi connectivity index (χ2n) is 13.8. The molecule has 16 nitrogen and oxygen atoms in total. The van der Waals surface area contributed by atoms with Crippen LogP contribution in [0, 0.1) is 5.92 Å². The zero-order valence-corrected chi connectivity index (χ0v) is 29.1. The largest absolute Gasteiger partial charge is 0.477 e. The molecule has 17 heteroatoms. The molecule has 1 fully saturated rings. The van der Waals surface area contributed by atoms with Crippen molar-refractivity contribution in [1.82, 2.24) is 40.3 Å². The normalized spacial score (nSPS) is 14.4. The summed E-state index contributed by atoms with van der Waals surface area (Å²) in [4.78, 5) is 62.3. The molecule has 260 valence electrons. The van der Waals surface area contributed by atoms with Gasteiger partial charge in [-0.2, -0.15) is 5.21 Å². The number of aliphatic carboxylic acids is 1. The molecule has 0 aromatic carbocycles. The first-order valence-electron chi connectivity index (χ1n) is 16.0. The molecular formula is C32H42N11O5S+. The van der Waals surface area contributed by atoms with Crippen molar-refractivity contribution in [2.24, 2.45) is 5.92 Å². The summed E-state index contributed by atoms with van der Waals surface area (Å²) in [6, 6.07) is 3.15. The number of carboxylic acid groups (broad SMARTS) is 1. The highest BCUT2D eigenvalue weighted by Crippen LogP contribution is 2.28. The van der Waals surface area contributed by atoms with Gasteiger partial charge in [-0.25, -0.2) is 14.8 Å². The molecule has 0 unspecified atom stereocenters. The number of carboxylic acids is 1. The molecule has 0 aliphatic carbocycles. The van der Waals surface area contributed by atoms with Gasteiger partial charge in [0.1, 0.15) is 11.5 Å². The van der Waals surface area contributed by atoms with Gasteiger partial charge in [0.15, 0.2) is 17.5 Å². The highest BCUT2D eigenvalue weighted by molar-refractivity contribution is 7.14. The number of hydrogen-bond acceptors (Lipinski definition) is 11. The lowest BCUT2D eigenvalue weighted by Crippen LogP contribution is -2.48. The molecule has 0 atom stereocenters. The summed E-state index contributed by atoms with van der Waals surface area (Å²) in [5.74, 6) is -0.423. The number of likely N-dealkylation sites (N-methyl/N-ethyl adjacent to an activating group) is 1. The van der Waals surface area contributed by atoms with E-state index in [0.717, 1.165) is 5.69 Å². The Labute approximate surface area is 286 Å². The quantitative estimate of drug-likeness (QED) is 0.159. The van der Waals surface area contributed by atoms with Gasteiger partial charge in [0.2, 0.25) is 5.91 Å². The van der Waals surface area contributed by atoms with Crippen LogP contribution in [0.4, 0.5) is 10.9 Å². The zero-order valence-electron chi connectivity index (χ0n) is 28.3. The first-order valence-corrected chi connectivity index (χ1v) is 16.9. The highest BCUT2D eigenvalue weighted by atomic mass is 32.1. The van der Waals surface area contributed by atoms with Crippen LogP contribution < -0.4 is 21.1 Å². The number of anilines is 2. The van der Waals surface area contributed by atoms with E-state index in [1.54, 1.807) is 24.3 Å². The number of tetrazole rings is 1. The van der Waals surface area contributed by atoms with E-state index in [9.17, 15) is 19.2 Å². The van der Waals surface area contributed by atoms with Crippen molar-refractivity contribution in [3.63, 3.8) is 0 Å². The molecular weight excluding hydrogens is 650 g/mol. The van der Waals surface area contributed by atoms with Crippen molar-refractivity contribution in [3.8, 4) is 0 Å².